The van der Waals surface area contributed by atoms with Crippen LogP contribution in [-0.4, -0.2) is 51.2 Å². The fourth-order valence-electron chi connectivity index (χ4n) is 3.79. The van der Waals surface area contributed by atoms with Crippen LogP contribution in [0.1, 0.15) is 30.8 Å². The molecule has 0 atom stereocenters. The van der Waals surface area contributed by atoms with Gasteiger partial charge in [0.1, 0.15) is 11.6 Å². The molecule has 3 heterocycles. The topological polar surface area (TPSA) is 54.6 Å². The van der Waals surface area contributed by atoms with Crippen molar-refractivity contribution in [1.82, 2.24) is 24.4 Å². The Morgan fingerprint density at radius 1 is 1.00 bits per heavy atom. The highest BCUT2D eigenvalue weighted by atomic mass is 19.1. The summed E-state index contributed by atoms with van der Waals surface area (Å²) in [5.41, 5.74) is 3.28. The van der Waals surface area contributed by atoms with E-state index in [2.05, 4.69) is 29.2 Å². The summed E-state index contributed by atoms with van der Waals surface area (Å²) in [6.45, 7) is 7.91. The molecule has 1 aromatic carbocycles. The van der Waals surface area contributed by atoms with E-state index in [1.807, 2.05) is 34.9 Å². The van der Waals surface area contributed by atoms with Gasteiger partial charge in [0, 0.05) is 24.5 Å². The van der Waals surface area contributed by atoms with Crippen LogP contribution in [0.25, 0.3) is 22.5 Å². The average molecular weight is 434 g/mol. The number of carbonyl (C=O) groups is 1. The van der Waals surface area contributed by atoms with E-state index in [1.54, 1.807) is 29.1 Å². The van der Waals surface area contributed by atoms with Gasteiger partial charge in [-0.15, -0.1) is 0 Å². The molecule has 0 aliphatic carbocycles. The zero-order chi connectivity index (χ0) is 22.5. The van der Waals surface area contributed by atoms with E-state index in [0.29, 0.717) is 12.2 Å². The van der Waals surface area contributed by atoms with Gasteiger partial charge in [0.15, 0.2) is 5.69 Å². The second-order valence-electron chi connectivity index (χ2n) is 7.69. The van der Waals surface area contributed by atoms with Crippen molar-refractivity contribution in [2.24, 2.45) is 0 Å². The highest BCUT2D eigenvalue weighted by Crippen LogP contribution is 2.23. The van der Waals surface area contributed by atoms with Gasteiger partial charge in [0.05, 0.1) is 0 Å². The summed E-state index contributed by atoms with van der Waals surface area (Å²) in [6.07, 6.45) is 4.69. The summed E-state index contributed by atoms with van der Waals surface area (Å²) in [6, 6.07) is 16.1. The molecule has 0 radical (unpaired) electrons. The number of halogens is 1. The second-order valence-corrected chi connectivity index (χ2v) is 7.69. The Hall–Kier alpha value is -3.45. The Balaban J connectivity index is 1.48. The fourth-order valence-corrected chi connectivity index (χ4v) is 3.79. The second kappa shape index (κ2) is 9.78. The molecule has 6 nitrogen and oxygen atoms in total. The van der Waals surface area contributed by atoms with Gasteiger partial charge in [-0.1, -0.05) is 32.0 Å². The largest absolute Gasteiger partial charge is 0.351 e. The lowest BCUT2D eigenvalue weighted by atomic mass is 10.1. The number of benzene rings is 1. The van der Waals surface area contributed by atoms with Crippen molar-refractivity contribution in [3.8, 4) is 16.9 Å². The van der Waals surface area contributed by atoms with Gasteiger partial charge in [0.2, 0.25) is 0 Å². The third kappa shape index (κ3) is 4.73. The number of nitrogens with one attached hydrogen (secondary N) is 1. The van der Waals surface area contributed by atoms with Crippen LogP contribution in [0.4, 0.5) is 4.39 Å². The Morgan fingerprint density at radius 3 is 2.47 bits per heavy atom. The van der Waals surface area contributed by atoms with Crippen molar-refractivity contribution < 1.29 is 9.18 Å². The van der Waals surface area contributed by atoms with Crippen LogP contribution in [0.3, 0.4) is 0 Å². The number of pyridine rings is 1. The molecule has 0 aliphatic rings. The number of rotatable bonds is 9. The van der Waals surface area contributed by atoms with Crippen molar-refractivity contribution >= 4 is 11.4 Å². The van der Waals surface area contributed by atoms with E-state index in [-0.39, 0.29) is 11.7 Å². The lowest BCUT2D eigenvalue weighted by molar-refractivity contribution is 0.0946. The minimum absolute atomic E-state index is 0.170. The predicted molar refractivity (Wildman–Crippen MR) is 125 cm³/mol. The quantitative estimate of drug-likeness (QED) is 0.398. The molecule has 0 fully saturated rings. The molecule has 0 spiro atoms. The van der Waals surface area contributed by atoms with E-state index < -0.39 is 0 Å². The molecule has 4 rings (SSSR count). The first kappa shape index (κ1) is 21.8. The molecule has 0 aliphatic heterocycles. The molecule has 0 saturated heterocycles. The van der Waals surface area contributed by atoms with Crippen LogP contribution in [0, 0.1) is 5.82 Å². The lowest BCUT2D eigenvalue weighted by Crippen LogP contribution is -2.30. The van der Waals surface area contributed by atoms with Crippen LogP contribution < -0.4 is 5.32 Å². The normalized spacial score (nSPS) is 11.4. The first-order valence-electron chi connectivity index (χ1n) is 11.0. The van der Waals surface area contributed by atoms with Gasteiger partial charge in [0.25, 0.3) is 5.91 Å². The maximum atomic E-state index is 13.3. The molecule has 4 aromatic rings. The summed E-state index contributed by atoms with van der Waals surface area (Å²) in [4.78, 5) is 14.8. The van der Waals surface area contributed by atoms with E-state index in [0.717, 1.165) is 48.5 Å². The third-order valence-corrected chi connectivity index (χ3v) is 5.70. The maximum absolute atomic E-state index is 13.3. The number of carbonyl (C=O) groups excluding carboxylic acids is 1. The van der Waals surface area contributed by atoms with Crippen molar-refractivity contribution in [3.63, 3.8) is 0 Å². The zero-order valence-electron chi connectivity index (χ0n) is 18.5. The minimum atomic E-state index is -0.258. The Morgan fingerprint density at radius 2 is 1.72 bits per heavy atom. The monoisotopic (exact) mass is 433 g/mol. The number of hydrogen-bond acceptors (Lipinski definition) is 3. The van der Waals surface area contributed by atoms with E-state index in [1.165, 1.54) is 12.1 Å². The minimum Gasteiger partial charge on any atom is -0.351 e. The van der Waals surface area contributed by atoms with Crippen molar-refractivity contribution in [3.05, 3.63) is 78.5 Å². The Kier molecular flexibility index (Phi) is 6.66. The van der Waals surface area contributed by atoms with Gasteiger partial charge in [-0.25, -0.2) is 9.07 Å². The third-order valence-electron chi connectivity index (χ3n) is 5.70. The van der Waals surface area contributed by atoms with Crippen LogP contribution in [0.5, 0.6) is 0 Å². The van der Waals surface area contributed by atoms with Gasteiger partial charge in [-0.2, -0.15) is 5.10 Å². The molecule has 1 amide bonds. The smallest absolute Gasteiger partial charge is 0.271 e. The maximum Gasteiger partial charge on any atom is 0.271 e. The molecule has 3 aromatic heterocycles. The van der Waals surface area contributed by atoms with E-state index in [9.17, 15) is 9.18 Å². The van der Waals surface area contributed by atoms with Gasteiger partial charge < -0.3 is 14.6 Å². The molecule has 166 valence electrons. The molecule has 32 heavy (non-hydrogen) atoms. The summed E-state index contributed by atoms with van der Waals surface area (Å²) in [5.74, 6) is 0.396. The number of amides is 1. The molecule has 0 saturated carbocycles. The number of nitrogens with zero attached hydrogens (tertiary/aromatic N) is 4. The number of aromatic nitrogens is 3. The molecule has 0 bridgehead atoms. The zero-order valence-corrected chi connectivity index (χ0v) is 18.5. The number of fused-ring (bicyclic) bond motifs is 1. The van der Waals surface area contributed by atoms with Gasteiger partial charge >= 0.3 is 0 Å². The highest BCUT2D eigenvalue weighted by molar-refractivity contribution is 5.92. The molecular formula is C25H28FN5O. The van der Waals surface area contributed by atoms with Gasteiger partial charge in [-0.3, -0.25) is 4.79 Å². The molecule has 0 unspecified atom stereocenters. The van der Waals surface area contributed by atoms with E-state index in [4.69, 9.17) is 0 Å². The highest BCUT2D eigenvalue weighted by Gasteiger charge is 2.12. The summed E-state index contributed by atoms with van der Waals surface area (Å²) >= 11 is 0. The fraction of sp³-hybridized carbons (Fsp3) is 0.280. The van der Waals surface area contributed by atoms with Crippen LogP contribution in [0.15, 0.2) is 67.0 Å². The standard InChI is InChI=1S/C25H28FN5O/c1-3-29(4-2)16-5-15-27-25(32)23-14-17-31(28-23)24-13-12-22-11-8-20(18-30(22)24)19-6-9-21(26)10-7-19/h6-14,17-18H,3-5,15-16H2,1-2H3,(H,27,32). The molecular weight excluding hydrogens is 405 g/mol. The Labute approximate surface area is 187 Å². The SMILES string of the molecule is CCN(CC)CCCNC(=O)c1ccn(-c2ccc3ccc(-c4ccc(F)cc4)cn23)n1. The van der Waals surface area contributed by atoms with Crippen molar-refractivity contribution in [2.75, 3.05) is 26.2 Å². The Bertz CT molecular complexity index is 1190. The van der Waals surface area contributed by atoms with Crippen molar-refractivity contribution in [2.45, 2.75) is 20.3 Å². The molecule has 7 heteroatoms. The van der Waals surface area contributed by atoms with Crippen molar-refractivity contribution in [1.29, 1.82) is 0 Å². The van der Waals surface area contributed by atoms with E-state index >= 15 is 0 Å². The average Bonchev–Trinajstić information content (AvgIpc) is 3.46. The first-order chi connectivity index (χ1) is 15.6. The summed E-state index contributed by atoms with van der Waals surface area (Å²) < 4.78 is 17.0. The summed E-state index contributed by atoms with van der Waals surface area (Å²) in [7, 11) is 0. The summed E-state index contributed by atoms with van der Waals surface area (Å²) in [5, 5.41) is 7.44. The predicted octanol–water partition coefficient (Wildman–Crippen LogP) is 4.39. The van der Waals surface area contributed by atoms with Crippen LogP contribution in [-0.2, 0) is 0 Å². The first-order valence-corrected chi connectivity index (χ1v) is 11.0. The molecule has 1 N–H and O–H groups in total. The van der Waals surface area contributed by atoms with Crippen LogP contribution >= 0.6 is 0 Å². The number of hydrogen-bond donors (Lipinski definition) is 1. The van der Waals surface area contributed by atoms with Crippen LogP contribution in [0.2, 0.25) is 0 Å². The lowest BCUT2D eigenvalue weighted by Gasteiger charge is -2.17. The van der Waals surface area contributed by atoms with Gasteiger partial charge in [-0.05, 0) is 73.6 Å².